The number of rotatable bonds is 4. The first-order valence-electron chi connectivity index (χ1n) is 9.46. The zero-order valence-electron chi connectivity index (χ0n) is 16.4. The molecule has 0 aromatic heterocycles. The van der Waals surface area contributed by atoms with Crippen LogP contribution in [-0.4, -0.2) is 31.2 Å². The van der Waals surface area contributed by atoms with Crippen LogP contribution >= 0.6 is 23.8 Å². The average Bonchev–Trinajstić information content (AvgIpc) is 2.78. The minimum Gasteiger partial charge on any atom is -0.495 e. The minimum atomic E-state index is -0.114. The molecular weight excluding hydrogens is 422 g/mol. The monoisotopic (exact) mass is 443 g/mol. The number of carbonyl (C=O) groups excluding carboxylic acids is 1. The Balaban J connectivity index is 1.47. The van der Waals surface area contributed by atoms with Crippen LogP contribution < -0.4 is 25.8 Å². The van der Waals surface area contributed by atoms with Gasteiger partial charge in [0.15, 0.2) is 5.11 Å². The van der Waals surface area contributed by atoms with Gasteiger partial charge in [0.2, 0.25) is 5.91 Å². The highest BCUT2D eigenvalue weighted by atomic mass is 35.5. The van der Waals surface area contributed by atoms with Crippen LogP contribution in [0.15, 0.2) is 42.5 Å². The van der Waals surface area contributed by atoms with Gasteiger partial charge in [0, 0.05) is 30.8 Å². The Morgan fingerprint density at radius 2 is 1.97 bits per heavy atom. The number of ether oxygens (including phenoxy) is 1. The maximum absolute atomic E-state index is 12.5. The average molecular weight is 444 g/mol. The lowest BCUT2D eigenvalue weighted by atomic mass is 9.96. The molecule has 2 aromatic rings. The van der Waals surface area contributed by atoms with Gasteiger partial charge >= 0.3 is 0 Å². The highest BCUT2D eigenvalue weighted by Gasteiger charge is 2.25. The third kappa shape index (κ3) is 5.32. The van der Waals surface area contributed by atoms with Gasteiger partial charge < -0.3 is 15.0 Å². The van der Waals surface area contributed by atoms with Crippen molar-refractivity contribution in [3.05, 3.63) is 53.1 Å². The minimum absolute atomic E-state index is 0.110. The number of hydrogen-bond acceptors (Lipinski definition) is 5. The summed E-state index contributed by atoms with van der Waals surface area (Å²) in [7, 11) is 1.59. The molecule has 30 heavy (non-hydrogen) atoms. The van der Waals surface area contributed by atoms with E-state index >= 15 is 0 Å². The predicted molar refractivity (Wildman–Crippen MR) is 122 cm³/mol. The van der Waals surface area contributed by atoms with Crippen LogP contribution in [0.5, 0.6) is 5.75 Å². The molecule has 1 heterocycles. The summed E-state index contributed by atoms with van der Waals surface area (Å²) >= 11 is 11.3. The van der Waals surface area contributed by atoms with E-state index in [0.29, 0.717) is 22.0 Å². The van der Waals surface area contributed by atoms with E-state index in [1.807, 2.05) is 18.2 Å². The largest absolute Gasteiger partial charge is 0.495 e. The normalized spacial score (nSPS) is 13.8. The van der Waals surface area contributed by atoms with Crippen LogP contribution in [0.1, 0.15) is 18.4 Å². The van der Waals surface area contributed by atoms with E-state index < -0.39 is 0 Å². The zero-order valence-corrected chi connectivity index (χ0v) is 18.0. The van der Waals surface area contributed by atoms with E-state index in [2.05, 4.69) is 27.1 Å². The Morgan fingerprint density at radius 3 is 2.67 bits per heavy atom. The van der Waals surface area contributed by atoms with Crippen molar-refractivity contribution in [3.8, 4) is 11.8 Å². The van der Waals surface area contributed by atoms with E-state index in [4.69, 9.17) is 33.8 Å². The van der Waals surface area contributed by atoms with Crippen molar-refractivity contribution in [2.45, 2.75) is 12.8 Å². The van der Waals surface area contributed by atoms with Gasteiger partial charge in [-0.2, -0.15) is 5.26 Å². The highest BCUT2D eigenvalue weighted by molar-refractivity contribution is 7.80. The molecule has 2 aromatic carbocycles. The molecular formula is C21H22ClN5O2S. The number of thiocarbonyl (C=S) groups is 1. The van der Waals surface area contributed by atoms with Gasteiger partial charge in [-0.05, 0) is 49.3 Å². The topological polar surface area (TPSA) is 89.4 Å². The van der Waals surface area contributed by atoms with Crippen molar-refractivity contribution >= 4 is 46.2 Å². The van der Waals surface area contributed by atoms with E-state index in [1.165, 1.54) is 0 Å². The molecule has 156 valence electrons. The Bertz CT molecular complexity index is 970. The predicted octanol–water partition coefficient (Wildman–Crippen LogP) is 3.45. The lowest BCUT2D eigenvalue weighted by molar-refractivity contribution is -0.126. The number of halogens is 1. The first-order chi connectivity index (χ1) is 14.5. The third-order valence-electron chi connectivity index (χ3n) is 4.96. The molecule has 0 unspecified atom stereocenters. The Morgan fingerprint density at radius 1 is 1.23 bits per heavy atom. The second kappa shape index (κ2) is 10.1. The second-order valence-electron chi connectivity index (χ2n) is 6.81. The SMILES string of the molecule is COc1cc(N2CCC(C(=O)NNC(=S)Nc3ccccc3C#N)CC2)ccc1Cl. The molecule has 1 saturated heterocycles. The second-order valence-corrected chi connectivity index (χ2v) is 7.62. The number of amides is 1. The van der Waals surface area contributed by atoms with Crippen LogP contribution in [0.25, 0.3) is 0 Å². The number of piperidine rings is 1. The molecule has 0 spiro atoms. The van der Waals surface area contributed by atoms with Crippen molar-refractivity contribution in [3.63, 3.8) is 0 Å². The number of nitrogens with one attached hydrogen (secondary N) is 3. The molecule has 0 aliphatic carbocycles. The van der Waals surface area contributed by atoms with Crippen molar-refractivity contribution < 1.29 is 9.53 Å². The maximum atomic E-state index is 12.5. The molecule has 1 amide bonds. The van der Waals surface area contributed by atoms with Crippen molar-refractivity contribution in [1.29, 1.82) is 5.26 Å². The molecule has 3 rings (SSSR count). The van der Waals surface area contributed by atoms with Crippen LogP contribution in [0.3, 0.4) is 0 Å². The van der Waals surface area contributed by atoms with E-state index in [0.717, 1.165) is 31.6 Å². The molecule has 0 atom stereocenters. The summed E-state index contributed by atoms with van der Waals surface area (Å²) < 4.78 is 5.28. The standard InChI is InChI=1S/C21H22ClN5O2S/c1-29-19-12-16(6-7-17(19)22)27-10-8-14(9-11-27)20(28)25-26-21(30)24-18-5-3-2-4-15(18)13-23/h2-7,12,14H,8-11H2,1H3,(H,25,28)(H2,24,26,30). The van der Waals surface area contributed by atoms with Crippen LogP contribution in [-0.2, 0) is 4.79 Å². The fourth-order valence-electron chi connectivity index (χ4n) is 3.31. The molecule has 3 N–H and O–H groups in total. The third-order valence-corrected chi connectivity index (χ3v) is 5.48. The quantitative estimate of drug-likeness (QED) is 0.492. The number of nitrogens with zero attached hydrogens (tertiary/aromatic N) is 2. The molecule has 9 heteroatoms. The number of nitriles is 1. The molecule has 1 aliphatic rings. The number of carbonyl (C=O) groups is 1. The van der Waals surface area contributed by atoms with Gasteiger partial charge in [-0.25, -0.2) is 0 Å². The van der Waals surface area contributed by atoms with Gasteiger partial charge in [0.25, 0.3) is 0 Å². The number of hydrogen-bond donors (Lipinski definition) is 3. The summed E-state index contributed by atoms with van der Waals surface area (Å²) in [5, 5.41) is 12.8. The number of anilines is 2. The fraction of sp³-hybridized carbons (Fsp3) is 0.286. The maximum Gasteiger partial charge on any atom is 0.241 e. The van der Waals surface area contributed by atoms with E-state index in [-0.39, 0.29) is 16.9 Å². The number of benzene rings is 2. The first-order valence-corrected chi connectivity index (χ1v) is 10.2. The summed E-state index contributed by atoms with van der Waals surface area (Å²) in [6.07, 6.45) is 1.44. The lowest BCUT2D eigenvalue weighted by Crippen LogP contribution is -2.48. The molecule has 1 aliphatic heterocycles. The van der Waals surface area contributed by atoms with E-state index in [1.54, 1.807) is 31.4 Å². The first kappa shape index (κ1) is 21.7. The molecule has 7 nitrogen and oxygen atoms in total. The van der Waals surface area contributed by atoms with Crippen molar-refractivity contribution in [2.24, 2.45) is 5.92 Å². The number of hydrazine groups is 1. The van der Waals surface area contributed by atoms with Gasteiger partial charge in [-0.1, -0.05) is 23.7 Å². The van der Waals surface area contributed by atoms with Crippen molar-refractivity contribution in [2.75, 3.05) is 30.4 Å². The summed E-state index contributed by atoms with van der Waals surface area (Å²) in [5.41, 5.74) is 7.45. The van der Waals surface area contributed by atoms with E-state index in [9.17, 15) is 4.79 Å². The highest BCUT2D eigenvalue weighted by Crippen LogP contribution is 2.31. The van der Waals surface area contributed by atoms with Gasteiger partial charge in [0.05, 0.1) is 23.4 Å². The molecule has 1 fully saturated rings. The lowest BCUT2D eigenvalue weighted by Gasteiger charge is -2.33. The zero-order chi connectivity index (χ0) is 21.5. The Labute approximate surface area is 185 Å². The fourth-order valence-corrected chi connectivity index (χ4v) is 3.66. The van der Waals surface area contributed by atoms with Crippen molar-refractivity contribution in [1.82, 2.24) is 10.9 Å². The Kier molecular flexibility index (Phi) is 7.33. The molecule has 0 saturated carbocycles. The van der Waals surface area contributed by atoms with Gasteiger partial charge in [-0.3, -0.25) is 15.6 Å². The van der Waals surface area contributed by atoms with Crippen LogP contribution in [0.4, 0.5) is 11.4 Å². The van der Waals surface area contributed by atoms with Gasteiger partial charge in [0.1, 0.15) is 11.8 Å². The number of para-hydroxylation sites is 1. The molecule has 0 bridgehead atoms. The Hall–Kier alpha value is -3.02. The van der Waals surface area contributed by atoms with Crippen LogP contribution in [0.2, 0.25) is 5.02 Å². The number of methoxy groups -OCH3 is 1. The summed E-state index contributed by atoms with van der Waals surface area (Å²) in [6, 6.07) is 14.8. The van der Waals surface area contributed by atoms with Gasteiger partial charge in [-0.15, -0.1) is 0 Å². The summed E-state index contributed by atoms with van der Waals surface area (Å²) in [5.74, 6) is 0.412. The smallest absolute Gasteiger partial charge is 0.241 e. The summed E-state index contributed by atoms with van der Waals surface area (Å²) in [4.78, 5) is 14.7. The molecule has 0 radical (unpaired) electrons. The van der Waals surface area contributed by atoms with Crippen LogP contribution in [0, 0.1) is 17.2 Å². The summed E-state index contributed by atoms with van der Waals surface area (Å²) in [6.45, 7) is 1.50.